The Morgan fingerprint density at radius 3 is 2.41 bits per heavy atom. The minimum absolute atomic E-state index is 0.0127. The second-order valence-corrected chi connectivity index (χ2v) is 5.96. The number of carbonyl (C=O) groups excluding carboxylic acids is 1. The molecule has 0 saturated heterocycles. The average molecular weight is 430 g/mol. The van der Waals surface area contributed by atoms with Crippen molar-refractivity contribution in [3.63, 3.8) is 0 Å². The van der Waals surface area contributed by atoms with Crippen molar-refractivity contribution in [3.8, 4) is 5.75 Å². The normalized spacial score (nSPS) is 10.1. The summed E-state index contributed by atoms with van der Waals surface area (Å²) in [5.41, 5.74) is 0. The third-order valence-corrected chi connectivity index (χ3v) is 3.52. The Morgan fingerprint density at radius 1 is 1.29 bits per heavy atom. The largest absolute Gasteiger partial charge is 0.481 e. The highest BCUT2D eigenvalue weighted by molar-refractivity contribution is 9.11. The van der Waals surface area contributed by atoms with Gasteiger partial charge in [0, 0.05) is 11.0 Å². The van der Waals surface area contributed by atoms with Gasteiger partial charge in [-0.1, -0.05) is 22.9 Å². The van der Waals surface area contributed by atoms with Gasteiger partial charge >= 0.3 is 0 Å². The third-order valence-electron chi connectivity index (χ3n) is 1.88. The fraction of sp³-hybridized carbons (Fsp3) is 0.364. The highest BCUT2D eigenvalue weighted by atomic mass is 79.9. The molecule has 94 valence electrons. The second-order valence-electron chi connectivity index (χ2n) is 3.34. The molecule has 1 N–H and O–H groups in total. The van der Waals surface area contributed by atoms with Gasteiger partial charge in [-0.15, -0.1) is 0 Å². The van der Waals surface area contributed by atoms with E-state index in [2.05, 4.69) is 53.1 Å². The van der Waals surface area contributed by atoms with Crippen molar-refractivity contribution < 1.29 is 9.53 Å². The van der Waals surface area contributed by atoms with Gasteiger partial charge in [0.1, 0.15) is 5.75 Å². The standard InChI is InChI=1S/C11H12Br3NO2/c1-2-3-15-10(16)6-17-11-8(13)4-7(12)5-9(11)14/h4-5H,2-3,6H2,1H3,(H,15,16). The molecule has 17 heavy (non-hydrogen) atoms. The van der Waals surface area contributed by atoms with E-state index in [1.165, 1.54) is 0 Å². The number of hydrogen-bond acceptors (Lipinski definition) is 2. The maximum absolute atomic E-state index is 11.4. The lowest BCUT2D eigenvalue weighted by Crippen LogP contribution is -2.29. The van der Waals surface area contributed by atoms with Gasteiger partial charge in [-0.3, -0.25) is 4.79 Å². The van der Waals surface area contributed by atoms with Gasteiger partial charge in [-0.2, -0.15) is 0 Å². The minimum Gasteiger partial charge on any atom is -0.481 e. The molecule has 1 aromatic rings. The van der Waals surface area contributed by atoms with Crippen LogP contribution in [0.3, 0.4) is 0 Å². The van der Waals surface area contributed by atoms with E-state index in [0.29, 0.717) is 12.3 Å². The predicted molar refractivity (Wildman–Crippen MR) is 78.3 cm³/mol. The van der Waals surface area contributed by atoms with E-state index in [-0.39, 0.29) is 12.5 Å². The molecule has 3 nitrogen and oxygen atoms in total. The molecule has 0 saturated carbocycles. The molecule has 1 rings (SSSR count). The van der Waals surface area contributed by atoms with Gasteiger partial charge in [0.2, 0.25) is 0 Å². The highest BCUT2D eigenvalue weighted by Gasteiger charge is 2.10. The number of benzene rings is 1. The zero-order valence-electron chi connectivity index (χ0n) is 9.23. The van der Waals surface area contributed by atoms with Gasteiger partial charge in [0.15, 0.2) is 6.61 Å². The van der Waals surface area contributed by atoms with Crippen LogP contribution in [-0.4, -0.2) is 19.1 Å². The van der Waals surface area contributed by atoms with Crippen molar-refractivity contribution in [2.45, 2.75) is 13.3 Å². The minimum atomic E-state index is -0.117. The number of ether oxygens (including phenoxy) is 1. The molecule has 0 aliphatic heterocycles. The lowest BCUT2D eigenvalue weighted by molar-refractivity contribution is -0.123. The smallest absolute Gasteiger partial charge is 0.257 e. The Hall–Kier alpha value is -0.0700. The quantitative estimate of drug-likeness (QED) is 0.771. The van der Waals surface area contributed by atoms with E-state index < -0.39 is 0 Å². The predicted octanol–water partition coefficient (Wildman–Crippen LogP) is 3.88. The first-order valence-electron chi connectivity index (χ1n) is 5.08. The molecular formula is C11H12Br3NO2. The Labute approximate surface area is 126 Å². The third kappa shape index (κ3) is 4.97. The summed E-state index contributed by atoms with van der Waals surface area (Å²) in [6, 6.07) is 3.73. The number of amides is 1. The average Bonchev–Trinajstić information content (AvgIpc) is 2.24. The molecule has 0 radical (unpaired) electrons. The maximum Gasteiger partial charge on any atom is 0.257 e. The highest BCUT2D eigenvalue weighted by Crippen LogP contribution is 2.36. The van der Waals surface area contributed by atoms with Crippen LogP contribution < -0.4 is 10.1 Å². The van der Waals surface area contributed by atoms with Gasteiger partial charge in [0.25, 0.3) is 5.91 Å². The lowest BCUT2D eigenvalue weighted by atomic mass is 10.3. The first kappa shape index (κ1) is 15.0. The lowest BCUT2D eigenvalue weighted by Gasteiger charge is -2.10. The topological polar surface area (TPSA) is 38.3 Å². The van der Waals surface area contributed by atoms with Crippen LogP contribution in [0.2, 0.25) is 0 Å². The monoisotopic (exact) mass is 427 g/mol. The zero-order valence-corrected chi connectivity index (χ0v) is 14.0. The fourth-order valence-corrected chi connectivity index (χ4v) is 3.61. The molecule has 0 unspecified atom stereocenters. The molecule has 0 heterocycles. The molecular weight excluding hydrogens is 418 g/mol. The maximum atomic E-state index is 11.4. The molecule has 0 spiro atoms. The SMILES string of the molecule is CCCNC(=O)COc1c(Br)cc(Br)cc1Br. The van der Waals surface area contributed by atoms with Crippen LogP contribution in [0.25, 0.3) is 0 Å². The van der Waals surface area contributed by atoms with E-state index in [1.807, 2.05) is 19.1 Å². The molecule has 0 atom stereocenters. The molecule has 0 bridgehead atoms. The Morgan fingerprint density at radius 2 is 1.88 bits per heavy atom. The molecule has 0 aromatic heterocycles. The summed E-state index contributed by atoms with van der Waals surface area (Å²) >= 11 is 10.1. The van der Waals surface area contributed by atoms with Crippen molar-refractivity contribution in [2.24, 2.45) is 0 Å². The Bertz CT molecular complexity index is 387. The summed E-state index contributed by atoms with van der Waals surface area (Å²) in [5.74, 6) is 0.508. The number of halogens is 3. The zero-order chi connectivity index (χ0) is 12.8. The van der Waals surface area contributed by atoms with Gasteiger partial charge in [0.05, 0.1) is 8.95 Å². The number of carbonyl (C=O) groups is 1. The summed E-state index contributed by atoms with van der Waals surface area (Å²) < 4.78 is 7.97. The molecule has 0 fully saturated rings. The van der Waals surface area contributed by atoms with E-state index in [1.54, 1.807) is 0 Å². The number of nitrogens with one attached hydrogen (secondary N) is 1. The van der Waals surface area contributed by atoms with E-state index in [0.717, 1.165) is 19.8 Å². The van der Waals surface area contributed by atoms with Crippen LogP contribution in [-0.2, 0) is 4.79 Å². The molecule has 0 aliphatic rings. The Balaban J connectivity index is 2.60. The van der Waals surface area contributed by atoms with Gasteiger partial charge in [-0.25, -0.2) is 0 Å². The fourth-order valence-electron chi connectivity index (χ4n) is 1.12. The first-order valence-corrected chi connectivity index (χ1v) is 7.46. The second kappa shape index (κ2) is 7.38. The van der Waals surface area contributed by atoms with Crippen molar-refractivity contribution >= 4 is 53.7 Å². The summed E-state index contributed by atoms with van der Waals surface area (Å²) in [6.45, 7) is 2.69. The molecule has 6 heteroatoms. The van der Waals surface area contributed by atoms with E-state index >= 15 is 0 Å². The van der Waals surface area contributed by atoms with Crippen LogP contribution in [0, 0.1) is 0 Å². The van der Waals surface area contributed by atoms with Crippen molar-refractivity contribution in [3.05, 3.63) is 25.6 Å². The summed E-state index contributed by atoms with van der Waals surface area (Å²) in [7, 11) is 0. The van der Waals surface area contributed by atoms with Crippen LogP contribution in [0.1, 0.15) is 13.3 Å². The van der Waals surface area contributed by atoms with Crippen LogP contribution in [0.4, 0.5) is 0 Å². The number of hydrogen-bond donors (Lipinski definition) is 1. The number of rotatable bonds is 5. The molecule has 0 aliphatic carbocycles. The van der Waals surface area contributed by atoms with Crippen LogP contribution in [0.15, 0.2) is 25.6 Å². The van der Waals surface area contributed by atoms with Gasteiger partial charge < -0.3 is 10.1 Å². The Kier molecular flexibility index (Phi) is 6.51. The first-order chi connectivity index (χ1) is 8.04. The summed E-state index contributed by atoms with van der Waals surface area (Å²) in [4.78, 5) is 11.4. The molecule has 1 aromatic carbocycles. The van der Waals surface area contributed by atoms with Gasteiger partial charge in [-0.05, 0) is 50.4 Å². The molecule has 1 amide bonds. The van der Waals surface area contributed by atoms with Crippen molar-refractivity contribution in [2.75, 3.05) is 13.2 Å². The van der Waals surface area contributed by atoms with Crippen LogP contribution >= 0.6 is 47.8 Å². The van der Waals surface area contributed by atoms with Crippen LogP contribution in [0.5, 0.6) is 5.75 Å². The summed E-state index contributed by atoms with van der Waals surface area (Å²) in [5, 5.41) is 2.75. The van der Waals surface area contributed by atoms with Crippen molar-refractivity contribution in [1.82, 2.24) is 5.32 Å². The van der Waals surface area contributed by atoms with E-state index in [9.17, 15) is 4.79 Å². The van der Waals surface area contributed by atoms with Crippen molar-refractivity contribution in [1.29, 1.82) is 0 Å². The van der Waals surface area contributed by atoms with E-state index in [4.69, 9.17) is 4.74 Å². The summed E-state index contributed by atoms with van der Waals surface area (Å²) in [6.07, 6.45) is 0.914.